The highest BCUT2D eigenvalue weighted by Crippen LogP contribution is 2.37. The van der Waals surface area contributed by atoms with Crippen molar-refractivity contribution in [1.82, 2.24) is 19.8 Å². The van der Waals surface area contributed by atoms with Gasteiger partial charge in [0.25, 0.3) is 11.8 Å². The van der Waals surface area contributed by atoms with Crippen LogP contribution in [0.1, 0.15) is 40.4 Å². The molecule has 0 unspecified atom stereocenters. The van der Waals surface area contributed by atoms with Crippen molar-refractivity contribution in [2.24, 2.45) is 5.92 Å². The molecule has 250 valence electrons. The van der Waals surface area contributed by atoms with E-state index in [1.54, 1.807) is 48.4 Å². The molecular formula is C38H37FN6O4. The first-order valence-electron chi connectivity index (χ1n) is 16.3. The number of likely N-dealkylation sites (tertiary alicyclic amines) is 1. The quantitative estimate of drug-likeness (QED) is 0.173. The summed E-state index contributed by atoms with van der Waals surface area (Å²) in [4.78, 5) is 39.8. The van der Waals surface area contributed by atoms with Crippen molar-refractivity contribution >= 4 is 39.9 Å². The van der Waals surface area contributed by atoms with Crippen molar-refractivity contribution in [1.29, 1.82) is 0 Å². The van der Waals surface area contributed by atoms with Crippen LogP contribution < -0.4 is 20.1 Å². The monoisotopic (exact) mass is 660 g/mol. The van der Waals surface area contributed by atoms with Gasteiger partial charge in [0, 0.05) is 29.2 Å². The van der Waals surface area contributed by atoms with Gasteiger partial charge in [0.1, 0.15) is 24.0 Å². The molecule has 2 aliphatic rings. The zero-order valence-corrected chi connectivity index (χ0v) is 27.4. The molecule has 10 nitrogen and oxygen atoms in total. The van der Waals surface area contributed by atoms with Gasteiger partial charge in [-0.1, -0.05) is 48.5 Å². The summed E-state index contributed by atoms with van der Waals surface area (Å²) in [6, 6.07) is 23.5. The molecule has 2 N–H and O–H groups in total. The van der Waals surface area contributed by atoms with Crippen LogP contribution in [0.5, 0.6) is 11.5 Å². The molecule has 3 heterocycles. The Morgan fingerprint density at radius 2 is 1.76 bits per heavy atom. The summed E-state index contributed by atoms with van der Waals surface area (Å²) < 4.78 is 27.4. The molecule has 4 aromatic carbocycles. The van der Waals surface area contributed by atoms with E-state index in [-0.39, 0.29) is 17.3 Å². The van der Waals surface area contributed by atoms with Gasteiger partial charge in [-0.3, -0.25) is 9.59 Å². The lowest BCUT2D eigenvalue weighted by atomic mass is 9.98. The standard InChI is InChI=1S/C38H37FN6O4/c1-44-16-14-24(15-17-44)22-49-34-20-32-29(19-33(34)48-2)36(41-23-40-32)43-31-13-12-27(18-30(31)39)42-37(46)35(25-8-4-3-5-9-25)45-21-26-10-6-7-11-28(26)38(45)47/h3-13,18-20,23-24,35H,14-17,21-22H2,1-2H3,(H,42,46)(H,40,41,43)/t35-/m0/s1. The molecule has 0 bridgehead atoms. The SMILES string of the molecule is COc1cc2c(Nc3ccc(NC(=O)[C@H](c4ccccc4)N4Cc5ccccc5C4=O)cc3F)ncnc2cc1OCC1CCN(C)CC1. The van der Waals surface area contributed by atoms with Crippen LogP contribution in [0, 0.1) is 11.7 Å². The Bertz CT molecular complexity index is 2000. The van der Waals surface area contributed by atoms with E-state index in [0.29, 0.717) is 58.4 Å². The minimum absolute atomic E-state index is 0.157. The number of hydrogen-bond acceptors (Lipinski definition) is 8. The number of benzene rings is 4. The van der Waals surface area contributed by atoms with Gasteiger partial charge in [-0.2, -0.15) is 0 Å². The highest BCUT2D eigenvalue weighted by Gasteiger charge is 2.37. The number of rotatable bonds is 10. The van der Waals surface area contributed by atoms with E-state index in [1.165, 1.54) is 18.5 Å². The van der Waals surface area contributed by atoms with E-state index in [0.717, 1.165) is 31.5 Å². The summed E-state index contributed by atoms with van der Waals surface area (Å²) in [5.41, 5.74) is 3.11. The molecule has 1 fully saturated rings. The second-order valence-electron chi connectivity index (χ2n) is 12.5. The summed E-state index contributed by atoms with van der Waals surface area (Å²) >= 11 is 0. The van der Waals surface area contributed by atoms with Gasteiger partial charge in [-0.15, -0.1) is 0 Å². The van der Waals surface area contributed by atoms with Crippen LogP contribution in [0.15, 0.2) is 91.3 Å². The second-order valence-corrected chi connectivity index (χ2v) is 12.5. The Hall–Kier alpha value is -5.55. The molecule has 11 heteroatoms. The Morgan fingerprint density at radius 3 is 2.51 bits per heavy atom. The molecular weight excluding hydrogens is 623 g/mol. The third kappa shape index (κ3) is 6.75. The maximum atomic E-state index is 15.6. The third-order valence-electron chi connectivity index (χ3n) is 9.25. The first kappa shape index (κ1) is 32.0. The highest BCUT2D eigenvalue weighted by molar-refractivity contribution is 6.04. The number of halogens is 1. The molecule has 1 atom stereocenters. The first-order valence-corrected chi connectivity index (χ1v) is 16.3. The van der Waals surface area contributed by atoms with Crippen LogP contribution in [0.3, 0.4) is 0 Å². The number of anilines is 3. The average molecular weight is 661 g/mol. The minimum Gasteiger partial charge on any atom is -0.493 e. The molecule has 1 saturated heterocycles. The van der Waals surface area contributed by atoms with E-state index in [2.05, 4.69) is 32.5 Å². The maximum absolute atomic E-state index is 15.6. The number of carbonyl (C=O) groups is 2. The second kappa shape index (κ2) is 13.9. The van der Waals surface area contributed by atoms with Crippen LogP contribution in [0.25, 0.3) is 10.9 Å². The molecule has 2 amide bonds. The smallest absolute Gasteiger partial charge is 0.255 e. The van der Waals surface area contributed by atoms with Crippen molar-refractivity contribution in [3.8, 4) is 11.5 Å². The van der Waals surface area contributed by atoms with Gasteiger partial charge in [0.05, 0.1) is 24.9 Å². The van der Waals surface area contributed by atoms with Crippen molar-refractivity contribution < 1.29 is 23.5 Å². The fraction of sp³-hybridized carbons (Fsp3) is 0.263. The fourth-order valence-electron chi connectivity index (χ4n) is 6.50. The predicted octanol–water partition coefficient (Wildman–Crippen LogP) is 6.58. The topological polar surface area (TPSA) is 109 Å². The van der Waals surface area contributed by atoms with Gasteiger partial charge >= 0.3 is 0 Å². The number of ether oxygens (including phenoxy) is 2. The van der Waals surface area contributed by atoms with E-state index in [9.17, 15) is 9.59 Å². The molecule has 0 spiro atoms. The maximum Gasteiger partial charge on any atom is 0.255 e. The number of aromatic nitrogens is 2. The van der Waals surface area contributed by atoms with E-state index in [1.807, 2.05) is 36.4 Å². The summed E-state index contributed by atoms with van der Waals surface area (Å²) in [5, 5.41) is 6.53. The number of nitrogens with one attached hydrogen (secondary N) is 2. The number of amides is 2. The summed E-state index contributed by atoms with van der Waals surface area (Å²) in [5.74, 6) is 0.708. The number of piperidine rings is 1. The zero-order chi connectivity index (χ0) is 33.9. The summed E-state index contributed by atoms with van der Waals surface area (Å²) in [6.07, 6.45) is 3.57. The predicted molar refractivity (Wildman–Crippen MR) is 186 cm³/mol. The van der Waals surface area contributed by atoms with Gasteiger partial charge < -0.3 is 29.9 Å². The Kier molecular flexibility index (Phi) is 9.08. The molecule has 5 aromatic rings. The number of nitrogens with zero attached hydrogens (tertiary/aromatic N) is 4. The van der Waals surface area contributed by atoms with Gasteiger partial charge in [0.15, 0.2) is 11.5 Å². The van der Waals surface area contributed by atoms with E-state index < -0.39 is 17.8 Å². The van der Waals surface area contributed by atoms with Gasteiger partial charge in [0.2, 0.25) is 0 Å². The first-order chi connectivity index (χ1) is 23.9. The average Bonchev–Trinajstić information content (AvgIpc) is 3.44. The van der Waals surface area contributed by atoms with Crippen molar-refractivity contribution in [3.05, 3.63) is 114 Å². The number of carbonyl (C=O) groups excluding carboxylic acids is 2. The lowest BCUT2D eigenvalue weighted by Crippen LogP contribution is -2.37. The van der Waals surface area contributed by atoms with Crippen molar-refractivity contribution in [2.45, 2.75) is 25.4 Å². The van der Waals surface area contributed by atoms with Crippen molar-refractivity contribution in [2.75, 3.05) is 44.5 Å². The summed E-state index contributed by atoms with van der Waals surface area (Å²) in [7, 11) is 3.71. The highest BCUT2D eigenvalue weighted by atomic mass is 19.1. The molecule has 0 aliphatic carbocycles. The van der Waals surface area contributed by atoms with Crippen LogP contribution in [-0.4, -0.2) is 65.4 Å². The van der Waals surface area contributed by atoms with Crippen LogP contribution in [-0.2, 0) is 11.3 Å². The lowest BCUT2D eigenvalue weighted by molar-refractivity contribution is -0.120. The van der Waals surface area contributed by atoms with E-state index >= 15 is 4.39 Å². The number of methoxy groups -OCH3 is 1. The Morgan fingerprint density at radius 1 is 0.980 bits per heavy atom. The largest absolute Gasteiger partial charge is 0.493 e. The molecule has 49 heavy (non-hydrogen) atoms. The minimum atomic E-state index is -0.914. The Labute approximate surface area is 283 Å². The van der Waals surface area contributed by atoms with Gasteiger partial charge in [-0.05, 0) is 80.4 Å². The van der Waals surface area contributed by atoms with Crippen LogP contribution in [0.4, 0.5) is 21.6 Å². The number of hydrogen-bond donors (Lipinski definition) is 2. The van der Waals surface area contributed by atoms with Crippen LogP contribution in [0.2, 0.25) is 0 Å². The van der Waals surface area contributed by atoms with Crippen LogP contribution >= 0.6 is 0 Å². The normalized spacial score (nSPS) is 15.6. The lowest BCUT2D eigenvalue weighted by Gasteiger charge is -2.28. The Balaban J connectivity index is 1.08. The van der Waals surface area contributed by atoms with Gasteiger partial charge in [-0.25, -0.2) is 14.4 Å². The third-order valence-corrected chi connectivity index (χ3v) is 9.25. The molecule has 0 radical (unpaired) electrons. The molecule has 1 aromatic heterocycles. The zero-order valence-electron chi connectivity index (χ0n) is 27.4. The fourth-order valence-corrected chi connectivity index (χ4v) is 6.50. The summed E-state index contributed by atoms with van der Waals surface area (Å²) in [6.45, 7) is 2.99. The van der Waals surface area contributed by atoms with E-state index in [4.69, 9.17) is 9.47 Å². The van der Waals surface area contributed by atoms with Crippen molar-refractivity contribution in [3.63, 3.8) is 0 Å². The number of fused-ring (bicyclic) bond motifs is 2. The molecule has 7 rings (SSSR count). The molecule has 2 aliphatic heterocycles. The molecule has 0 saturated carbocycles.